The Morgan fingerprint density at radius 1 is 0.950 bits per heavy atom. The van der Waals surface area contributed by atoms with E-state index in [1.165, 1.54) is 16.7 Å². The van der Waals surface area contributed by atoms with Crippen molar-refractivity contribution in [2.45, 2.75) is 59.7 Å². The van der Waals surface area contributed by atoms with Crippen molar-refractivity contribution in [3.8, 4) is 0 Å². The van der Waals surface area contributed by atoms with Crippen molar-refractivity contribution in [1.29, 1.82) is 0 Å². The van der Waals surface area contributed by atoms with Gasteiger partial charge >= 0.3 is 7.12 Å². The van der Waals surface area contributed by atoms with E-state index in [9.17, 15) is 0 Å². The first-order chi connectivity index (χ1) is 9.18. The van der Waals surface area contributed by atoms with E-state index in [4.69, 9.17) is 9.31 Å². The Morgan fingerprint density at radius 2 is 1.40 bits per heavy atom. The molecule has 0 aromatic heterocycles. The van der Waals surface area contributed by atoms with E-state index < -0.39 is 0 Å². The van der Waals surface area contributed by atoms with Crippen molar-refractivity contribution < 1.29 is 9.31 Å². The second-order valence-electron chi connectivity index (χ2n) is 6.66. The highest BCUT2D eigenvalue weighted by Gasteiger charge is 2.52. The number of benzene rings is 1. The molecule has 0 amide bonds. The lowest BCUT2D eigenvalue weighted by Crippen LogP contribution is -2.41. The van der Waals surface area contributed by atoms with Gasteiger partial charge in [-0.2, -0.15) is 0 Å². The van der Waals surface area contributed by atoms with Gasteiger partial charge in [-0.3, -0.25) is 0 Å². The first-order valence-corrected chi connectivity index (χ1v) is 7.27. The summed E-state index contributed by atoms with van der Waals surface area (Å²) in [5.74, 6) is 0. The molecule has 20 heavy (non-hydrogen) atoms. The van der Waals surface area contributed by atoms with E-state index in [0.29, 0.717) is 0 Å². The van der Waals surface area contributed by atoms with Crippen molar-refractivity contribution in [3.05, 3.63) is 34.9 Å². The molecule has 1 aliphatic heterocycles. The van der Waals surface area contributed by atoms with Crippen molar-refractivity contribution in [2.24, 2.45) is 0 Å². The van der Waals surface area contributed by atoms with E-state index in [1.54, 1.807) is 0 Å². The quantitative estimate of drug-likeness (QED) is 0.765. The Balaban J connectivity index is 2.41. The van der Waals surface area contributed by atoms with E-state index >= 15 is 0 Å². The summed E-state index contributed by atoms with van der Waals surface area (Å²) in [6, 6.07) is 4.38. The summed E-state index contributed by atoms with van der Waals surface area (Å²) in [6.07, 6.45) is 4.18. The molecule has 0 N–H and O–H groups in total. The molecule has 0 aliphatic carbocycles. The molecule has 0 spiro atoms. The van der Waals surface area contributed by atoms with Crippen molar-refractivity contribution >= 4 is 18.7 Å². The van der Waals surface area contributed by atoms with Crippen LogP contribution >= 0.6 is 0 Å². The molecule has 0 atom stereocenters. The summed E-state index contributed by atoms with van der Waals surface area (Å²) < 4.78 is 12.3. The van der Waals surface area contributed by atoms with Crippen LogP contribution in [-0.2, 0) is 9.31 Å². The Bertz CT molecular complexity index is 505. The number of aryl methyl sites for hydroxylation is 2. The van der Waals surface area contributed by atoms with Gasteiger partial charge in [0.25, 0.3) is 0 Å². The Kier molecular flexibility index (Phi) is 3.87. The van der Waals surface area contributed by atoms with E-state index in [-0.39, 0.29) is 18.3 Å². The van der Waals surface area contributed by atoms with Crippen LogP contribution in [0.4, 0.5) is 0 Å². The monoisotopic (exact) mass is 272 g/mol. The molecule has 1 aromatic rings. The SMILES string of the molecule is C/C=C/c1cc(C)c(B2OC(C)(C)C(C)(C)O2)c(C)c1. The summed E-state index contributed by atoms with van der Waals surface area (Å²) in [6.45, 7) is 14.6. The van der Waals surface area contributed by atoms with Gasteiger partial charge in [-0.05, 0) is 59.5 Å². The van der Waals surface area contributed by atoms with Crippen LogP contribution in [0.15, 0.2) is 18.2 Å². The summed E-state index contributed by atoms with van der Waals surface area (Å²) in [4.78, 5) is 0. The molecule has 1 aliphatic rings. The number of allylic oxidation sites excluding steroid dienone is 1. The minimum Gasteiger partial charge on any atom is -0.399 e. The average Bonchev–Trinajstić information content (AvgIpc) is 2.46. The molecule has 0 saturated carbocycles. The fourth-order valence-electron chi connectivity index (χ4n) is 2.63. The van der Waals surface area contributed by atoms with Crippen LogP contribution in [0.25, 0.3) is 6.08 Å². The normalized spacial score (nSPS) is 20.9. The maximum atomic E-state index is 6.17. The molecule has 3 heteroatoms. The third-order valence-corrected chi connectivity index (χ3v) is 4.46. The van der Waals surface area contributed by atoms with Crippen LogP contribution in [0.2, 0.25) is 0 Å². The van der Waals surface area contributed by atoms with Crippen molar-refractivity contribution in [2.75, 3.05) is 0 Å². The van der Waals surface area contributed by atoms with E-state index in [2.05, 4.69) is 65.8 Å². The van der Waals surface area contributed by atoms with Crippen LogP contribution in [0, 0.1) is 13.8 Å². The Morgan fingerprint density at radius 3 is 1.80 bits per heavy atom. The van der Waals surface area contributed by atoms with Crippen LogP contribution in [0.5, 0.6) is 0 Å². The molecular formula is C17H25BO2. The zero-order valence-corrected chi connectivity index (χ0v) is 13.7. The molecule has 1 fully saturated rings. The molecule has 0 radical (unpaired) electrons. The van der Waals surface area contributed by atoms with Crippen LogP contribution in [-0.4, -0.2) is 18.3 Å². The number of hydrogen-bond acceptors (Lipinski definition) is 2. The molecule has 0 bridgehead atoms. The molecule has 1 aromatic carbocycles. The predicted octanol–water partition coefficient (Wildman–Crippen LogP) is 3.64. The Hall–Kier alpha value is -1.06. The molecule has 2 nitrogen and oxygen atoms in total. The summed E-state index contributed by atoms with van der Waals surface area (Å²) in [5.41, 5.74) is 4.24. The fraction of sp³-hybridized carbons (Fsp3) is 0.529. The molecular weight excluding hydrogens is 247 g/mol. The minimum atomic E-state index is -0.293. The first kappa shape index (κ1) is 15.3. The zero-order valence-electron chi connectivity index (χ0n) is 13.7. The van der Waals surface area contributed by atoms with Gasteiger partial charge in [0.15, 0.2) is 0 Å². The molecule has 1 saturated heterocycles. The smallest absolute Gasteiger partial charge is 0.399 e. The lowest BCUT2D eigenvalue weighted by molar-refractivity contribution is 0.00578. The van der Waals surface area contributed by atoms with Gasteiger partial charge in [-0.1, -0.05) is 35.4 Å². The Labute approximate surface area is 123 Å². The molecule has 108 valence electrons. The van der Waals surface area contributed by atoms with Gasteiger partial charge in [0.05, 0.1) is 11.2 Å². The highest BCUT2D eigenvalue weighted by atomic mass is 16.7. The van der Waals surface area contributed by atoms with Gasteiger partial charge in [-0.15, -0.1) is 0 Å². The van der Waals surface area contributed by atoms with E-state index in [0.717, 1.165) is 5.46 Å². The zero-order chi connectivity index (χ0) is 15.1. The molecule has 1 heterocycles. The highest BCUT2D eigenvalue weighted by molar-refractivity contribution is 6.63. The minimum absolute atomic E-state index is 0.278. The highest BCUT2D eigenvalue weighted by Crippen LogP contribution is 2.37. The molecule has 2 rings (SSSR count). The van der Waals surface area contributed by atoms with Crippen LogP contribution in [0.3, 0.4) is 0 Å². The lowest BCUT2D eigenvalue weighted by atomic mass is 9.73. The van der Waals surface area contributed by atoms with Gasteiger partial charge < -0.3 is 9.31 Å². The maximum Gasteiger partial charge on any atom is 0.495 e. The fourth-order valence-corrected chi connectivity index (χ4v) is 2.63. The van der Waals surface area contributed by atoms with Crippen molar-refractivity contribution in [3.63, 3.8) is 0 Å². The van der Waals surface area contributed by atoms with Crippen LogP contribution < -0.4 is 5.46 Å². The van der Waals surface area contributed by atoms with Gasteiger partial charge in [-0.25, -0.2) is 0 Å². The van der Waals surface area contributed by atoms with E-state index in [1.807, 2.05) is 6.92 Å². The molecule has 0 unspecified atom stereocenters. The average molecular weight is 272 g/mol. The van der Waals surface area contributed by atoms with Gasteiger partial charge in [0.1, 0.15) is 0 Å². The third-order valence-electron chi connectivity index (χ3n) is 4.46. The second-order valence-corrected chi connectivity index (χ2v) is 6.66. The third kappa shape index (κ3) is 2.57. The lowest BCUT2D eigenvalue weighted by Gasteiger charge is -2.32. The number of rotatable bonds is 2. The largest absolute Gasteiger partial charge is 0.495 e. The second kappa shape index (κ2) is 5.05. The summed E-state index contributed by atoms with van der Waals surface area (Å²) >= 11 is 0. The summed E-state index contributed by atoms with van der Waals surface area (Å²) in [5, 5.41) is 0. The van der Waals surface area contributed by atoms with Gasteiger partial charge in [0, 0.05) is 0 Å². The topological polar surface area (TPSA) is 18.5 Å². The predicted molar refractivity (Wildman–Crippen MR) is 86.3 cm³/mol. The van der Waals surface area contributed by atoms with Crippen molar-refractivity contribution in [1.82, 2.24) is 0 Å². The first-order valence-electron chi connectivity index (χ1n) is 7.27. The standard InChI is InChI=1S/C17H25BO2/c1-8-9-14-10-12(2)15(13(3)11-14)18-19-16(4,5)17(6,7)20-18/h8-11H,1-7H3/b9-8+. The summed E-state index contributed by atoms with van der Waals surface area (Å²) in [7, 11) is -0.278. The van der Waals surface area contributed by atoms with Gasteiger partial charge in [0.2, 0.25) is 0 Å². The van der Waals surface area contributed by atoms with Crippen LogP contribution in [0.1, 0.15) is 51.3 Å². The maximum absolute atomic E-state index is 6.17. The number of hydrogen-bond donors (Lipinski definition) is 0.